The van der Waals surface area contributed by atoms with Gasteiger partial charge in [-0.3, -0.25) is 4.79 Å². The lowest BCUT2D eigenvalue weighted by Crippen LogP contribution is -2.37. The van der Waals surface area contributed by atoms with Crippen molar-refractivity contribution in [1.82, 2.24) is 4.90 Å². The van der Waals surface area contributed by atoms with Crippen LogP contribution >= 0.6 is 0 Å². The van der Waals surface area contributed by atoms with Crippen LogP contribution in [-0.4, -0.2) is 42.2 Å². The van der Waals surface area contributed by atoms with E-state index in [1.165, 1.54) is 6.92 Å². The van der Waals surface area contributed by atoms with Crippen LogP contribution in [0.5, 0.6) is 0 Å². The first-order valence-electron chi connectivity index (χ1n) is 10.2. The van der Waals surface area contributed by atoms with Crippen LogP contribution in [0, 0.1) is 0 Å². The molecule has 1 aliphatic heterocycles. The quantitative estimate of drug-likeness (QED) is 0.648. The number of likely N-dealkylation sites (N-methyl/N-ethyl adjacent to an activating group) is 1. The van der Waals surface area contributed by atoms with Gasteiger partial charge in [0, 0.05) is 37.7 Å². The molecule has 0 unspecified atom stereocenters. The van der Waals surface area contributed by atoms with E-state index >= 15 is 0 Å². The molecule has 1 heterocycles. The topological polar surface area (TPSA) is 71.0 Å². The summed E-state index contributed by atoms with van der Waals surface area (Å²) in [6.07, 6.45) is 1.89. The van der Waals surface area contributed by atoms with Crippen LogP contribution in [0.4, 0.5) is 5.69 Å². The van der Waals surface area contributed by atoms with Gasteiger partial charge in [0.15, 0.2) is 6.29 Å². The van der Waals surface area contributed by atoms with Gasteiger partial charge in [-0.05, 0) is 30.3 Å². The van der Waals surface area contributed by atoms with E-state index in [0.717, 1.165) is 36.2 Å². The van der Waals surface area contributed by atoms with Crippen molar-refractivity contribution in [2.45, 2.75) is 38.4 Å². The Balaban J connectivity index is 1.83. The number of hydrogen-bond donors (Lipinski definition) is 2. The fraction of sp³-hybridized carbons (Fsp3) is 0.375. The number of ether oxygens (including phenoxy) is 2. The van der Waals surface area contributed by atoms with E-state index in [4.69, 9.17) is 9.47 Å². The Bertz CT molecular complexity index is 853. The first-order valence-corrected chi connectivity index (χ1v) is 10.2. The van der Waals surface area contributed by atoms with Crippen LogP contribution in [0.2, 0.25) is 0 Å². The molecule has 0 spiro atoms. The summed E-state index contributed by atoms with van der Waals surface area (Å²) >= 11 is 0. The summed E-state index contributed by atoms with van der Waals surface area (Å²) in [6, 6.07) is 15.4. The number of aliphatic hydroxyl groups excluding tert-OH is 1. The predicted octanol–water partition coefficient (Wildman–Crippen LogP) is 3.80. The van der Waals surface area contributed by atoms with Crippen LogP contribution in [0.1, 0.15) is 42.4 Å². The highest BCUT2D eigenvalue weighted by molar-refractivity contribution is 5.88. The number of nitrogens with one attached hydrogen (secondary N) is 1. The zero-order chi connectivity index (χ0) is 21.5. The molecule has 1 saturated heterocycles. The summed E-state index contributed by atoms with van der Waals surface area (Å²) in [5.41, 5.74) is 3.48. The fourth-order valence-corrected chi connectivity index (χ4v) is 3.64. The van der Waals surface area contributed by atoms with Crippen molar-refractivity contribution in [2.75, 3.05) is 25.5 Å². The summed E-state index contributed by atoms with van der Waals surface area (Å²) in [4.78, 5) is 13.6. The van der Waals surface area contributed by atoms with Crippen molar-refractivity contribution in [3.8, 4) is 0 Å². The highest BCUT2D eigenvalue weighted by atomic mass is 16.7. The number of carbonyl (C=O) groups is 1. The third-order valence-electron chi connectivity index (χ3n) is 5.05. The van der Waals surface area contributed by atoms with Crippen molar-refractivity contribution in [3.05, 3.63) is 77.9 Å². The lowest BCUT2D eigenvalue weighted by molar-refractivity contribution is -0.252. The summed E-state index contributed by atoms with van der Waals surface area (Å²) < 4.78 is 12.6. The SMILES string of the molecule is C=CCN(C)C[C@@H]1C[C@H](c2ccc(CO)cc2)O[C@H](c2cccc(NC(C)=O)c2)O1. The maximum atomic E-state index is 11.4. The Labute approximate surface area is 178 Å². The second-order valence-corrected chi connectivity index (χ2v) is 7.67. The van der Waals surface area contributed by atoms with Crippen LogP contribution in [0.25, 0.3) is 0 Å². The second kappa shape index (κ2) is 10.5. The maximum absolute atomic E-state index is 11.4. The molecule has 6 heteroatoms. The number of carbonyl (C=O) groups excluding carboxylic acids is 1. The van der Waals surface area contributed by atoms with Gasteiger partial charge < -0.3 is 24.8 Å². The molecule has 30 heavy (non-hydrogen) atoms. The normalized spacial score (nSPS) is 21.4. The summed E-state index contributed by atoms with van der Waals surface area (Å²) in [7, 11) is 2.04. The smallest absolute Gasteiger partial charge is 0.221 e. The minimum atomic E-state index is -0.544. The number of nitrogens with zero attached hydrogens (tertiary/aromatic N) is 1. The Morgan fingerprint density at radius 2 is 2.00 bits per heavy atom. The minimum Gasteiger partial charge on any atom is -0.392 e. The standard InChI is InChI=1S/C24H30N2O4/c1-4-12-26(3)15-22-14-23(19-10-8-18(16-27)9-11-19)30-24(29-22)20-6-5-7-21(13-20)25-17(2)28/h4-11,13,22-24,27H,1,12,14-16H2,2-3H3,(H,25,28)/t22-,23+,24+/m0/s1. The van der Waals surface area contributed by atoms with Gasteiger partial charge in [0.05, 0.1) is 18.8 Å². The molecule has 2 aromatic carbocycles. The molecule has 0 saturated carbocycles. The lowest BCUT2D eigenvalue weighted by atomic mass is 9.99. The van der Waals surface area contributed by atoms with Gasteiger partial charge in [-0.2, -0.15) is 0 Å². The molecule has 1 fully saturated rings. The fourth-order valence-electron chi connectivity index (χ4n) is 3.64. The van der Waals surface area contributed by atoms with E-state index in [-0.39, 0.29) is 24.7 Å². The Morgan fingerprint density at radius 1 is 1.23 bits per heavy atom. The average molecular weight is 411 g/mol. The van der Waals surface area contributed by atoms with Gasteiger partial charge in [-0.1, -0.05) is 42.5 Å². The number of benzene rings is 2. The molecular formula is C24H30N2O4. The van der Waals surface area contributed by atoms with Crippen LogP contribution in [0.15, 0.2) is 61.2 Å². The van der Waals surface area contributed by atoms with Crippen molar-refractivity contribution >= 4 is 11.6 Å². The Hall–Kier alpha value is -2.51. The molecule has 2 aromatic rings. The van der Waals surface area contributed by atoms with Crippen molar-refractivity contribution < 1.29 is 19.4 Å². The average Bonchev–Trinajstić information content (AvgIpc) is 2.73. The van der Waals surface area contributed by atoms with E-state index < -0.39 is 6.29 Å². The number of rotatable bonds is 8. The van der Waals surface area contributed by atoms with E-state index in [1.807, 2.05) is 61.7 Å². The molecular weight excluding hydrogens is 380 g/mol. The number of amides is 1. The first kappa shape index (κ1) is 22.2. The third kappa shape index (κ3) is 6.00. The molecule has 0 aliphatic carbocycles. The summed E-state index contributed by atoms with van der Waals surface area (Å²) in [5, 5.41) is 12.1. The van der Waals surface area contributed by atoms with Crippen molar-refractivity contribution in [2.24, 2.45) is 0 Å². The molecule has 1 amide bonds. The Kier molecular flexibility index (Phi) is 7.76. The number of aliphatic hydroxyl groups is 1. The second-order valence-electron chi connectivity index (χ2n) is 7.67. The lowest BCUT2D eigenvalue weighted by Gasteiger charge is -2.37. The zero-order valence-corrected chi connectivity index (χ0v) is 17.6. The van der Waals surface area contributed by atoms with E-state index in [2.05, 4.69) is 16.8 Å². The van der Waals surface area contributed by atoms with Gasteiger partial charge in [0.1, 0.15) is 0 Å². The monoisotopic (exact) mass is 410 g/mol. The highest BCUT2D eigenvalue weighted by Crippen LogP contribution is 2.38. The van der Waals surface area contributed by atoms with Gasteiger partial charge in [-0.25, -0.2) is 0 Å². The number of anilines is 1. The van der Waals surface area contributed by atoms with Gasteiger partial charge >= 0.3 is 0 Å². The van der Waals surface area contributed by atoms with Crippen molar-refractivity contribution in [1.29, 1.82) is 0 Å². The maximum Gasteiger partial charge on any atom is 0.221 e. The third-order valence-corrected chi connectivity index (χ3v) is 5.05. The van der Waals surface area contributed by atoms with E-state index in [0.29, 0.717) is 5.69 Å². The molecule has 0 radical (unpaired) electrons. The molecule has 3 rings (SSSR count). The van der Waals surface area contributed by atoms with Crippen LogP contribution in [-0.2, 0) is 20.9 Å². The summed E-state index contributed by atoms with van der Waals surface area (Å²) in [6.45, 7) is 6.84. The predicted molar refractivity (Wildman–Crippen MR) is 117 cm³/mol. The molecule has 2 N–H and O–H groups in total. The molecule has 0 bridgehead atoms. The molecule has 160 valence electrons. The Morgan fingerprint density at radius 3 is 2.67 bits per heavy atom. The highest BCUT2D eigenvalue weighted by Gasteiger charge is 2.32. The number of hydrogen-bond acceptors (Lipinski definition) is 5. The molecule has 1 aliphatic rings. The summed E-state index contributed by atoms with van der Waals surface area (Å²) in [5.74, 6) is -0.122. The van der Waals surface area contributed by atoms with Crippen molar-refractivity contribution in [3.63, 3.8) is 0 Å². The van der Waals surface area contributed by atoms with Gasteiger partial charge in [-0.15, -0.1) is 6.58 Å². The van der Waals surface area contributed by atoms with Gasteiger partial charge in [0.2, 0.25) is 5.91 Å². The van der Waals surface area contributed by atoms with Gasteiger partial charge in [0.25, 0.3) is 0 Å². The minimum absolute atomic E-state index is 0.0163. The first-order chi connectivity index (χ1) is 14.5. The van der Waals surface area contributed by atoms with Crippen LogP contribution < -0.4 is 5.32 Å². The van der Waals surface area contributed by atoms with Crippen LogP contribution in [0.3, 0.4) is 0 Å². The molecule has 0 aromatic heterocycles. The van der Waals surface area contributed by atoms with E-state index in [9.17, 15) is 9.90 Å². The largest absolute Gasteiger partial charge is 0.392 e. The molecule has 6 nitrogen and oxygen atoms in total. The molecule has 3 atom stereocenters. The zero-order valence-electron chi connectivity index (χ0n) is 17.6. The van der Waals surface area contributed by atoms with E-state index in [1.54, 1.807) is 0 Å².